The molecular weight excluding hydrogens is 245 g/mol. The molecule has 0 saturated heterocycles. The van der Waals surface area contributed by atoms with E-state index in [1.165, 1.54) is 0 Å². The molecule has 0 spiro atoms. The van der Waals surface area contributed by atoms with Gasteiger partial charge in [0.1, 0.15) is 28.8 Å². The van der Waals surface area contributed by atoms with Crippen LogP contribution in [0.15, 0.2) is 0 Å². The van der Waals surface area contributed by atoms with Crippen molar-refractivity contribution in [2.24, 2.45) is 0 Å². The Morgan fingerprint density at radius 1 is 0.941 bits per heavy atom. The zero-order valence-corrected chi connectivity index (χ0v) is 7.86. The minimum Gasteiger partial charge on any atom is -0.397 e. The van der Waals surface area contributed by atoms with Crippen LogP contribution < -0.4 is 5.73 Å². The number of rotatable bonds is 0. The summed E-state index contributed by atoms with van der Waals surface area (Å²) in [6, 6.07) is 1.98. The lowest BCUT2D eigenvalue weighted by molar-refractivity contribution is -0.139. The standard InChI is InChI=1S/C9H2F5N3/c10-6-3(1-15)7(11)5(9(12,13)14)8(17)4(6)2-16/h17H2. The lowest BCUT2D eigenvalue weighted by Gasteiger charge is -2.13. The number of halogens is 5. The van der Waals surface area contributed by atoms with Crippen LogP contribution in [0.4, 0.5) is 27.6 Å². The van der Waals surface area contributed by atoms with Gasteiger partial charge in [0.2, 0.25) is 0 Å². The number of hydrogen-bond acceptors (Lipinski definition) is 3. The summed E-state index contributed by atoms with van der Waals surface area (Å²) >= 11 is 0. The second-order valence-electron chi connectivity index (χ2n) is 2.89. The number of nitrogens with zero attached hydrogens (tertiary/aromatic N) is 2. The topological polar surface area (TPSA) is 73.6 Å². The molecule has 0 unspecified atom stereocenters. The fourth-order valence-electron chi connectivity index (χ4n) is 1.19. The number of alkyl halides is 3. The molecule has 17 heavy (non-hydrogen) atoms. The van der Waals surface area contributed by atoms with Crippen molar-refractivity contribution in [1.29, 1.82) is 10.5 Å². The van der Waals surface area contributed by atoms with Gasteiger partial charge in [-0.1, -0.05) is 0 Å². The van der Waals surface area contributed by atoms with E-state index in [9.17, 15) is 22.0 Å². The Morgan fingerprint density at radius 2 is 1.41 bits per heavy atom. The first-order valence-corrected chi connectivity index (χ1v) is 3.93. The fourth-order valence-corrected chi connectivity index (χ4v) is 1.19. The molecule has 3 nitrogen and oxygen atoms in total. The highest BCUT2D eigenvalue weighted by molar-refractivity contribution is 5.65. The van der Waals surface area contributed by atoms with Gasteiger partial charge in [-0.2, -0.15) is 23.7 Å². The summed E-state index contributed by atoms with van der Waals surface area (Å²) in [6.45, 7) is 0. The Hall–Kier alpha value is -2.35. The van der Waals surface area contributed by atoms with E-state index in [0.717, 1.165) is 12.1 Å². The minimum absolute atomic E-state index is 0.921. The van der Waals surface area contributed by atoms with E-state index in [1.807, 2.05) is 0 Å². The largest absolute Gasteiger partial charge is 0.421 e. The molecule has 0 fully saturated rings. The van der Waals surface area contributed by atoms with Gasteiger partial charge < -0.3 is 5.73 Å². The Morgan fingerprint density at radius 3 is 1.76 bits per heavy atom. The molecule has 0 aliphatic carbocycles. The van der Waals surface area contributed by atoms with Gasteiger partial charge in [-0.05, 0) is 0 Å². The molecule has 1 rings (SSSR count). The smallest absolute Gasteiger partial charge is 0.397 e. The summed E-state index contributed by atoms with van der Waals surface area (Å²) in [7, 11) is 0. The summed E-state index contributed by atoms with van der Waals surface area (Å²) < 4.78 is 63.7. The normalized spacial score (nSPS) is 10.8. The van der Waals surface area contributed by atoms with Crippen LogP contribution in [-0.2, 0) is 6.18 Å². The molecule has 8 heteroatoms. The van der Waals surface area contributed by atoms with Crippen LogP contribution in [0.5, 0.6) is 0 Å². The summed E-state index contributed by atoms with van der Waals surface area (Å²) in [5, 5.41) is 16.8. The van der Waals surface area contributed by atoms with Gasteiger partial charge in [0.15, 0.2) is 11.6 Å². The van der Waals surface area contributed by atoms with Crippen LogP contribution >= 0.6 is 0 Å². The van der Waals surface area contributed by atoms with Gasteiger partial charge in [-0.3, -0.25) is 0 Å². The summed E-state index contributed by atoms with van der Waals surface area (Å²) in [4.78, 5) is 0. The number of anilines is 1. The second kappa shape index (κ2) is 3.91. The SMILES string of the molecule is N#Cc1c(N)c(C(F)(F)F)c(F)c(C#N)c1F. The molecule has 0 amide bonds. The molecule has 0 aliphatic rings. The molecule has 0 atom stereocenters. The fraction of sp³-hybridized carbons (Fsp3) is 0.111. The maximum atomic E-state index is 13.2. The zero-order chi connectivity index (χ0) is 13.4. The van der Waals surface area contributed by atoms with Gasteiger partial charge in [0.05, 0.1) is 5.69 Å². The number of nitrogens with two attached hydrogens (primary N) is 1. The third-order valence-electron chi connectivity index (χ3n) is 1.92. The first kappa shape index (κ1) is 12.7. The number of hydrogen-bond donors (Lipinski definition) is 1. The molecular formula is C9H2F5N3. The molecule has 88 valence electrons. The van der Waals surface area contributed by atoms with Crippen LogP contribution in [0, 0.1) is 34.3 Å². The summed E-state index contributed by atoms with van der Waals surface area (Å²) in [5.74, 6) is -3.81. The van der Waals surface area contributed by atoms with Gasteiger partial charge in [-0.15, -0.1) is 0 Å². The van der Waals surface area contributed by atoms with Crippen molar-refractivity contribution in [3.63, 3.8) is 0 Å². The highest BCUT2D eigenvalue weighted by Crippen LogP contribution is 2.39. The molecule has 0 aliphatic heterocycles. The van der Waals surface area contributed by atoms with Crippen molar-refractivity contribution in [2.75, 3.05) is 5.73 Å². The summed E-state index contributed by atoms with van der Waals surface area (Å²) in [6.07, 6.45) is -5.22. The van der Waals surface area contributed by atoms with Crippen molar-refractivity contribution in [3.05, 3.63) is 28.3 Å². The lowest BCUT2D eigenvalue weighted by atomic mass is 10.0. The molecule has 1 aromatic carbocycles. The highest BCUT2D eigenvalue weighted by Gasteiger charge is 2.40. The van der Waals surface area contributed by atoms with E-state index in [0.29, 0.717) is 0 Å². The first-order chi connectivity index (χ1) is 7.75. The number of nitriles is 2. The van der Waals surface area contributed by atoms with Gasteiger partial charge in [0, 0.05) is 0 Å². The maximum Gasteiger partial charge on any atom is 0.421 e. The van der Waals surface area contributed by atoms with Crippen LogP contribution in [0.1, 0.15) is 16.7 Å². The molecule has 0 radical (unpaired) electrons. The van der Waals surface area contributed by atoms with Crippen LogP contribution in [0.3, 0.4) is 0 Å². The van der Waals surface area contributed by atoms with Gasteiger partial charge >= 0.3 is 6.18 Å². The van der Waals surface area contributed by atoms with E-state index in [4.69, 9.17) is 16.3 Å². The molecule has 2 N–H and O–H groups in total. The predicted octanol–water partition coefficient (Wildman–Crippen LogP) is 2.31. The van der Waals surface area contributed by atoms with Crippen molar-refractivity contribution < 1.29 is 22.0 Å². The van der Waals surface area contributed by atoms with E-state index in [2.05, 4.69) is 0 Å². The van der Waals surface area contributed by atoms with Crippen LogP contribution in [0.2, 0.25) is 0 Å². The van der Waals surface area contributed by atoms with Crippen molar-refractivity contribution in [2.45, 2.75) is 6.18 Å². The van der Waals surface area contributed by atoms with E-state index >= 15 is 0 Å². The molecule has 1 aromatic rings. The quantitative estimate of drug-likeness (QED) is 0.564. The van der Waals surface area contributed by atoms with Crippen molar-refractivity contribution in [1.82, 2.24) is 0 Å². The Kier molecular flexibility index (Phi) is 2.92. The minimum atomic E-state index is -5.22. The van der Waals surface area contributed by atoms with Crippen molar-refractivity contribution in [3.8, 4) is 12.1 Å². The third-order valence-corrected chi connectivity index (χ3v) is 1.92. The van der Waals surface area contributed by atoms with Crippen LogP contribution in [-0.4, -0.2) is 0 Å². The molecule has 0 saturated carbocycles. The Balaban J connectivity index is 3.89. The first-order valence-electron chi connectivity index (χ1n) is 3.93. The van der Waals surface area contributed by atoms with Gasteiger partial charge in [0.25, 0.3) is 0 Å². The molecule has 0 bridgehead atoms. The monoisotopic (exact) mass is 247 g/mol. The number of nitrogen functional groups attached to an aromatic ring is 1. The molecule has 0 heterocycles. The van der Waals surface area contributed by atoms with Crippen LogP contribution in [0.25, 0.3) is 0 Å². The average Bonchev–Trinajstić information content (AvgIpc) is 2.16. The highest BCUT2D eigenvalue weighted by atomic mass is 19.4. The third kappa shape index (κ3) is 1.85. The second-order valence-corrected chi connectivity index (χ2v) is 2.89. The average molecular weight is 247 g/mol. The molecule has 0 aromatic heterocycles. The summed E-state index contributed by atoms with van der Waals surface area (Å²) in [5.41, 5.74) is -1.18. The number of benzene rings is 1. The van der Waals surface area contributed by atoms with E-state index in [1.54, 1.807) is 0 Å². The Labute approximate surface area is 91.5 Å². The predicted molar refractivity (Wildman–Crippen MR) is 45.2 cm³/mol. The van der Waals surface area contributed by atoms with E-state index in [-0.39, 0.29) is 0 Å². The Bertz CT molecular complexity index is 521. The van der Waals surface area contributed by atoms with Crippen molar-refractivity contribution >= 4 is 5.69 Å². The van der Waals surface area contributed by atoms with E-state index < -0.39 is 40.2 Å². The lowest BCUT2D eigenvalue weighted by Crippen LogP contribution is -2.16. The maximum absolute atomic E-state index is 13.2. The zero-order valence-electron chi connectivity index (χ0n) is 7.86. The van der Waals surface area contributed by atoms with Gasteiger partial charge in [-0.25, -0.2) is 8.78 Å².